The van der Waals surface area contributed by atoms with E-state index in [1.54, 1.807) is 6.21 Å². The third-order valence-corrected chi connectivity index (χ3v) is 3.95. The summed E-state index contributed by atoms with van der Waals surface area (Å²) in [7, 11) is 0. The Labute approximate surface area is 152 Å². The SMILES string of the molecule is CCCOc1ccccc1/C=N\N(C(N)=S)c1cccc(Cl)c1C. The monoisotopic (exact) mass is 361 g/mol. The molecule has 0 saturated heterocycles. The van der Waals surface area contributed by atoms with E-state index in [0.717, 1.165) is 29.0 Å². The fourth-order valence-corrected chi connectivity index (χ4v) is 2.43. The van der Waals surface area contributed by atoms with Crippen LogP contribution in [0.1, 0.15) is 24.5 Å². The molecule has 0 radical (unpaired) electrons. The number of rotatable bonds is 6. The van der Waals surface area contributed by atoms with Crippen molar-refractivity contribution in [2.75, 3.05) is 11.6 Å². The Morgan fingerprint density at radius 1 is 1.29 bits per heavy atom. The number of anilines is 1. The summed E-state index contributed by atoms with van der Waals surface area (Å²) in [5, 5.41) is 6.71. The lowest BCUT2D eigenvalue weighted by Crippen LogP contribution is -2.31. The molecule has 2 aromatic carbocycles. The Balaban J connectivity index is 2.33. The third-order valence-electron chi connectivity index (χ3n) is 3.37. The van der Waals surface area contributed by atoms with Crippen LogP contribution in [0.25, 0.3) is 0 Å². The highest BCUT2D eigenvalue weighted by atomic mass is 35.5. The molecule has 0 spiro atoms. The summed E-state index contributed by atoms with van der Waals surface area (Å²) < 4.78 is 5.73. The molecule has 0 unspecified atom stereocenters. The van der Waals surface area contributed by atoms with Gasteiger partial charge in [0.05, 0.1) is 18.5 Å². The summed E-state index contributed by atoms with van der Waals surface area (Å²) in [6, 6.07) is 13.2. The largest absolute Gasteiger partial charge is 0.493 e. The Bertz CT molecular complexity index is 749. The van der Waals surface area contributed by atoms with E-state index in [9.17, 15) is 0 Å². The Morgan fingerprint density at radius 2 is 2.04 bits per heavy atom. The normalized spacial score (nSPS) is 10.8. The van der Waals surface area contributed by atoms with E-state index in [1.807, 2.05) is 49.4 Å². The molecule has 0 heterocycles. The zero-order valence-corrected chi connectivity index (χ0v) is 15.3. The summed E-state index contributed by atoms with van der Waals surface area (Å²) in [6.45, 7) is 4.61. The second-order valence-corrected chi connectivity index (χ2v) is 5.99. The van der Waals surface area contributed by atoms with Crippen LogP contribution in [-0.2, 0) is 0 Å². The maximum Gasteiger partial charge on any atom is 0.191 e. The molecule has 0 bridgehead atoms. The molecule has 0 aliphatic rings. The predicted molar refractivity (Wildman–Crippen MR) is 105 cm³/mol. The van der Waals surface area contributed by atoms with Gasteiger partial charge in [0, 0.05) is 10.6 Å². The van der Waals surface area contributed by atoms with Crippen molar-refractivity contribution in [3.8, 4) is 5.75 Å². The quantitative estimate of drug-likeness (QED) is 0.467. The van der Waals surface area contributed by atoms with E-state index in [0.29, 0.717) is 11.6 Å². The van der Waals surface area contributed by atoms with Crippen LogP contribution in [0.5, 0.6) is 5.75 Å². The molecule has 0 saturated carbocycles. The number of hydrogen-bond donors (Lipinski definition) is 1. The third kappa shape index (κ3) is 4.46. The van der Waals surface area contributed by atoms with Gasteiger partial charge in [0.25, 0.3) is 0 Å². The smallest absolute Gasteiger partial charge is 0.191 e. The summed E-state index contributed by atoms with van der Waals surface area (Å²) in [5.74, 6) is 0.772. The van der Waals surface area contributed by atoms with Gasteiger partial charge in [-0.1, -0.05) is 36.7 Å². The van der Waals surface area contributed by atoms with Gasteiger partial charge < -0.3 is 10.5 Å². The van der Waals surface area contributed by atoms with Gasteiger partial charge in [0.15, 0.2) is 5.11 Å². The molecule has 0 atom stereocenters. The van der Waals surface area contributed by atoms with Gasteiger partial charge in [-0.05, 0) is 55.4 Å². The first-order chi connectivity index (χ1) is 11.5. The van der Waals surface area contributed by atoms with Crippen molar-refractivity contribution in [2.45, 2.75) is 20.3 Å². The predicted octanol–water partition coefficient (Wildman–Crippen LogP) is 4.52. The van der Waals surface area contributed by atoms with Crippen molar-refractivity contribution < 1.29 is 4.74 Å². The van der Waals surface area contributed by atoms with Crippen molar-refractivity contribution in [1.29, 1.82) is 0 Å². The van der Waals surface area contributed by atoms with Gasteiger partial charge in [-0.15, -0.1) is 0 Å². The summed E-state index contributed by atoms with van der Waals surface area (Å²) in [4.78, 5) is 0. The number of nitrogens with two attached hydrogens (primary N) is 1. The van der Waals surface area contributed by atoms with Crippen LogP contribution in [0.2, 0.25) is 5.02 Å². The minimum atomic E-state index is 0.142. The molecule has 0 aliphatic heterocycles. The van der Waals surface area contributed by atoms with Gasteiger partial charge in [-0.25, -0.2) is 5.01 Å². The van der Waals surface area contributed by atoms with Crippen LogP contribution >= 0.6 is 23.8 Å². The van der Waals surface area contributed by atoms with E-state index >= 15 is 0 Å². The second kappa shape index (κ2) is 8.66. The molecular formula is C18H20ClN3OS. The zero-order valence-electron chi connectivity index (χ0n) is 13.7. The first kappa shape index (κ1) is 18.2. The topological polar surface area (TPSA) is 50.8 Å². The van der Waals surface area contributed by atoms with Crippen molar-refractivity contribution >= 4 is 40.8 Å². The molecule has 126 valence electrons. The van der Waals surface area contributed by atoms with Crippen LogP contribution in [-0.4, -0.2) is 17.9 Å². The van der Waals surface area contributed by atoms with Gasteiger partial charge in [0.2, 0.25) is 0 Å². The minimum absolute atomic E-state index is 0.142. The molecule has 2 rings (SSSR count). The molecule has 0 aromatic heterocycles. The number of thiocarbonyl (C=S) groups is 1. The molecule has 6 heteroatoms. The average molecular weight is 362 g/mol. The highest BCUT2D eigenvalue weighted by Crippen LogP contribution is 2.27. The summed E-state index contributed by atoms with van der Waals surface area (Å²) >= 11 is 11.3. The van der Waals surface area contributed by atoms with Crippen LogP contribution in [0, 0.1) is 6.92 Å². The Kier molecular flexibility index (Phi) is 6.58. The van der Waals surface area contributed by atoms with Crippen molar-refractivity contribution in [2.24, 2.45) is 10.8 Å². The fraction of sp³-hybridized carbons (Fsp3) is 0.222. The minimum Gasteiger partial charge on any atom is -0.493 e. The molecule has 4 nitrogen and oxygen atoms in total. The molecule has 0 fully saturated rings. The van der Waals surface area contributed by atoms with E-state index < -0.39 is 0 Å². The van der Waals surface area contributed by atoms with Crippen LogP contribution < -0.4 is 15.5 Å². The maximum absolute atomic E-state index is 6.18. The van der Waals surface area contributed by atoms with Crippen LogP contribution in [0.4, 0.5) is 5.69 Å². The van der Waals surface area contributed by atoms with E-state index in [-0.39, 0.29) is 5.11 Å². The van der Waals surface area contributed by atoms with Crippen molar-refractivity contribution in [1.82, 2.24) is 0 Å². The van der Waals surface area contributed by atoms with Crippen molar-refractivity contribution in [3.63, 3.8) is 0 Å². The lowest BCUT2D eigenvalue weighted by atomic mass is 10.2. The second-order valence-electron chi connectivity index (χ2n) is 5.16. The highest BCUT2D eigenvalue weighted by molar-refractivity contribution is 7.80. The molecular weight excluding hydrogens is 342 g/mol. The number of halogens is 1. The van der Waals surface area contributed by atoms with E-state index in [2.05, 4.69) is 12.0 Å². The lowest BCUT2D eigenvalue weighted by Gasteiger charge is -2.19. The van der Waals surface area contributed by atoms with Crippen molar-refractivity contribution in [3.05, 3.63) is 58.6 Å². The number of hydrazone groups is 1. The van der Waals surface area contributed by atoms with Gasteiger partial charge >= 0.3 is 0 Å². The standard InChI is InChI=1S/C18H20ClN3OS/c1-3-11-23-17-10-5-4-7-14(17)12-21-22(18(20)24)16-9-6-8-15(19)13(16)2/h4-10,12H,3,11H2,1-2H3,(H2,20,24)/b21-12-. The molecule has 2 aromatic rings. The molecule has 0 aliphatic carbocycles. The van der Waals surface area contributed by atoms with Crippen LogP contribution in [0.15, 0.2) is 47.6 Å². The average Bonchev–Trinajstić information content (AvgIpc) is 2.57. The zero-order chi connectivity index (χ0) is 17.5. The number of hydrogen-bond acceptors (Lipinski definition) is 3. The number of ether oxygens (including phenoxy) is 1. The van der Waals surface area contributed by atoms with Gasteiger partial charge in [0.1, 0.15) is 5.75 Å². The number of benzene rings is 2. The molecule has 24 heavy (non-hydrogen) atoms. The first-order valence-corrected chi connectivity index (χ1v) is 8.43. The highest BCUT2D eigenvalue weighted by Gasteiger charge is 2.12. The Morgan fingerprint density at radius 3 is 2.75 bits per heavy atom. The van der Waals surface area contributed by atoms with Gasteiger partial charge in [-0.2, -0.15) is 5.10 Å². The van der Waals surface area contributed by atoms with E-state index in [1.165, 1.54) is 5.01 Å². The molecule has 2 N–H and O–H groups in total. The van der Waals surface area contributed by atoms with Crippen LogP contribution in [0.3, 0.4) is 0 Å². The summed E-state index contributed by atoms with van der Waals surface area (Å²) in [6.07, 6.45) is 2.62. The molecule has 0 amide bonds. The number of para-hydroxylation sites is 1. The Hall–Kier alpha value is -2.11. The fourth-order valence-electron chi connectivity index (χ4n) is 2.11. The summed E-state index contributed by atoms with van der Waals surface area (Å²) in [5.41, 5.74) is 8.30. The first-order valence-electron chi connectivity index (χ1n) is 7.65. The van der Waals surface area contributed by atoms with Gasteiger partial charge in [-0.3, -0.25) is 0 Å². The lowest BCUT2D eigenvalue weighted by molar-refractivity contribution is 0.317. The number of nitrogens with zero attached hydrogens (tertiary/aromatic N) is 2. The maximum atomic E-state index is 6.18. The van der Waals surface area contributed by atoms with E-state index in [4.69, 9.17) is 34.3 Å².